The predicted octanol–water partition coefficient (Wildman–Crippen LogP) is 0.237. The second-order valence-electron chi connectivity index (χ2n) is 6.68. The van der Waals surface area contributed by atoms with Gasteiger partial charge in [-0.05, 0) is 30.4 Å². The predicted molar refractivity (Wildman–Crippen MR) is 93.3 cm³/mol. The molecule has 0 saturated carbocycles. The summed E-state index contributed by atoms with van der Waals surface area (Å²) in [4.78, 5) is 16.3. The molecule has 0 aromatic heterocycles. The minimum atomic E-state index is -3.32. The fraction of sp³-hybridized carbons (Fsp3) is 0.588. The molecule has 6 nitrogen and oxygen atoms in total. The number of hydrogen-bond acceptors (Lipinski definition) is 4. The van der Waals surface area contributed by atoms with Crippen molar-refractivity contribution in [3.63, 3.8) is 0 Å². The summed E-state index contributed by atoms with van der Waals surface area (Å²) < 4.78 is 24.4. The third-order valence-electron chi connectivity index (χ3n) is 4.99. The number of nitrogens with zero attached hydrogens (tertiary/aromatic N) is 2. The molecule has 24 heavy (non-hydrogen) atoms. The molecule has 1 aliphatic heterocycles. The standard InChI is InChI=1S/C17H25N3O3S/c1-24(22,23)18-13-17(21)20-10-8-19(9-11-20)16-7-6-14-4-2-3-5-15(14)12-16/h2-5,16,18H,6-13H2,1H3/t16-/m1/s1. The van der Waals surface area contributed by atoms with Crippen molar-refractivity contribution < 1.29 is 13.2 Å². The van der Waals surface area contributed by atoms with Gasteiger partial charge in [-0.3, -0.25) is 9.69 Å². The monoisotopic (exact) mass is 351 g/mol. The van der Waals surface area contributed by atoms with E-state index in [1.165, 1.54) is 17.5 Å². The van der Waals surface area contributed by atoms with E-state index in [2.05, 4.69) is 33.9 Å². The van der Waals surface area contributed by atoms with Crippen LogP contribution in [0.4, 0.5) is 0 Å². The quantitative estimate of drug-likeness (QED) is 0.844. The Balaban J connectivity index is 1.50. The smallest absolute Gasteiger partial charge is 0.237 e. The van der Waals surface area contributed by atoms with E-state index in [1.54, 1.807) is 4.90 Å². The summed E-state index contributed by atoms with van der Waals surface area (Å²) in [5, 5.41) is 0. The van der Waals surface area contributed by atoms with Gasteiger partial charge in [-0.2, -0.15) is 0 Å². The summed E-state index contributed by atoms with van der Waals surface area (Å²) in [6, 6.07) is 9.20. The fourth-order valence-electron chi connectivity index (χ4n) is 3.63. The van der Waals surface area contributed by atoms with Gasteiger partial charge in [-0.1, -0.05) is 24.3 Å². The minimum absolute atomic E-state index is 0.143. The molecule has 0 bridgehead atoms. The van der Waals surface area contributed by atoms with Crippen LogP contribution in [0.2, 0.25) is 0 Å². The lowest BCUT2D eigenvalue weighted by Crippen LogP contribution is -2.54. The van der Waals surface area contributed by atoms with Crippen molar-refractivity contribution in [1.29, 1.82) is 0 Å². The summed E-state index contributed by atoms with van der Waals surface area (Å²) in [5.41, 5.74) is 2.92. The molecule has 1 aliphatic carbocycles. The lowest BCUT2D eigenvalue weighted by atomic mass is 9.87. The highest BCUT2D eigenvalue weighted by Gasteiger charge is 2.28. The van der Waals surface area contributed by atoms with Gasteiger partial charge in [0.25, 0.3) is 0 Å². The van der Waals surface area contributed by atoms with E-state index in [4.69, 9.17) is 0 Å². The molecule has 1 saturated heterocycles. The normalized spacial score (nSPS) is 22.2. The number of carbonyl (C=O) groups excluding carboxylic acids is 1. The lowest BCUT2D eigenvalue weighted by molar-refractivity contribution is -0.132. The first-order chi connectivity index (χ1) is 11.4. The van der Waals surface area contributed by atoms with Crippen LogP contribution >= 0.6 is 0 Å². The molecule has 3 rings (SSSR count). The summed E-state index contributed by atoms with van der Waals surface area (Å²) in [5.74, 6) is -0.144. The molecule has 1 heterocycles. The van der Waals surface area contributed by atoms with Crippen molar-refractivity contribution in [1.82, 2.24) is 14.5 Å². The maximum atomic E-state index is 12.1. The van der Waals surface area contributed by atoms with Gasteiger partial charge in [0.2, 0.25) is 15.9 Å². The Morgan fingerprint density at radius 1 is 1.17 bits per heavy atom. The Labute approximate surface area is 143 Å². The van der Waals surface area contributed by atoms with E-state index in [-0.39, 0.29) is 12.5 Å². The largest absolute Gasteiger partial charge is 0.339 e. The highest BCUT2D eigenvalue weighted by molar-refractivity contribution is 7.88. The van der Waals surface area contributed by atoms with Crippen LogP contribution in [0.15, 0.2) is 24.3 Å². The number of aryl methyl sites for hydroxylation is 1. The van der Waals surface area contributed by atoms with E-state index in [0.717, 1.165) is 32.2 Å². The van der Waals surface area contributed by atoms with Crippen LogP contribution in [-0.2, 0) is 27.7 Å². The fourth-order valence-corrected chi connectivity index (χ4v) is 4.02. The average molecular weight is 351 g/mol. The van der Waals surface area contributed by atoms with E-state index in [1.807, 2.05) is 0 Å². The third kappa shape index (κ3) is 4.34. The summed E-state index contributed by atoms with van der Waals surface area (Å²) in [6.45, 7) is 2.91. The number of rotatable bonds is 4. The molecular formula is C17H25N3O3S. The number of nitrogens with one attached hydrogen (secondary N) is 1. The van der Waals surface area contributed by atoms with Crippen LogP contribution in [0.25, 0.3) is 0 Å². The second kappa shape index (κ2) is 7.21. The zero-order chi connectivity index (χ0) is 17.2. The number of hydrogen-bond donors (Lipinski definition) is 1. The first-order valence-electron chi connectivity index (χ1n) is 8.45. The van der Waals surface area contributed by atoms with Crippen LogP contribution in [0.3, 0.4) is 0 Å². The van der Waals surface area contributed by atoms with Crippen LogP contribution in [0.1, 0.15) is 17.5 Å². The Kier molecular flexibility index (Phi) is 5.22. The molecule has 1 amide bonds. The second-order valence-corrected chi connectivity index (χ2v) is 8.51. The average Bonchev–Trinajstić information content (AvgIpc) is 2.59. The molecule has 1 aromatic rings. The maximum Gasteiger partial charge on any atom is 0.237 e. The van der Waals surface area contributed by atoms with Gasteiger partial charge in [-0.15, -0.1) is 0 Å². The third-order valence-corrected chi connectivity index (χ3v) is 5.66. The lowest BCUT2D eigenvalue weighted by Gasteiger charge is -2.41. The Morgan fingerprint density at radius 2 is 1.83 bits per heavy atom. The van der Waals surface area contributed by atoms with Crippen molar-refractivity contribution in [2.45, 2.75) is 25.3 Å². The molecule has 1 aromatic carbocycles. The first kappa shape index (κ1) is 17.4. The molecular weight excluding hydrogens is 326 g/mol. The Hall–Kier alpha value is -1.44. The van der Waals surface area contributed by atoms with Crippen LogP contribution in [-0.4, -0.2) is 69.1 Å². The van der Waals surface area contributed by atoms with E-state index < -0.39 is 10.0 Å². The van der Waals surface area contributed by atoms with E-state index in [9.17, 15) is 13.2 Å². The van der Waals surface area contributed by atoms with Crippen molar-refractivity contribution in [3.05, 3.63) is 35.4 Å². The number of carbonyl (C=O) groups is 1. The van der Waals surface area contributed by atoms with Gasteiger partial charge >= 0.3 is 0 Å². The Morgan fingerprint density at radius 3 is 2.50 bits per heavy atom. The van der Waals surface area contributed by atoms with E-state index >= 15 is 0 Å². The molecule has 2 aliphatic rings. The minimum Gasteiger partial charge on any atom is -0.339 e. The summed E-state index contributed by atoms with van der Waals surface area (Å²) in [6.07, 6.45) is 4.44. The van der Waals surface area contributed by atoms with Crippen LogP contribution in [0, 0.1) is 0 Å². The first-order valence-corrected chi connectivity index (χ1v) is 10.3. The van der Waals surface area contributed by atoms with Crippen LogP contribution < -0.4 is 4.72 Å². The zero-order valence-electron chi connectivity index (χ0n) is 14.1. The topological polar surface area (TPSA) is 69.7 Å². The number of sulfonamides is 1. The summed E-state index contributed by atoms with van der Waals surface area (Å²) >= 11 is 0. The number of piperazine rings is 1. The van der Waals surface area contributed by atoms with Gasteiger partial charge < -0.3 is 4.90 Å². The van der Waals surface area contributed by atoms with Crippen molar-refractivity contribution in [2.75, 3.05) is 39.0 Å². The summed E-state index contributed by atoms with van der Waals surface area (Å²) in [7, 11) is -3.32. The Bertz CT molecular complexity index is 697. The molecule has 0 radical (unpaired) electrons. The SMILES string of the molecule is CS(=O)(=O)NCC(=O)N1CCN([C@@H]2CCc3ccccc3C2)CC1. The zero-order valence-corrected chi connectivity index (χ0v) is 14.9. The molecule has 0 spiro atoms. The van der Waals surface area contributed by atoms with Gasteiger partial charge in [0.1, 0.15) is 0 Å². The molecule has 1 fully saturated rings. The number of benzene rings is 1. The van der Waals surface area contributed by atoms with Gasteiger partial charge in [-0.25, -0.2) is 13.1 Å². The molecule has 7 heteroatoms. The molecule has 0 unspecified atom stereocenters. The van der Waals surface area contributed by atoms with Crippen LogP contribution in [0.5, 0.6) is 0 Å². The number of fused-ring (bicyclic) bond motifs is 1. The van der Waals surface area contributed by atoms with E-state index in [0.29, 0.717) is 19.1 Å². The van der Waals surface area contributed by atoms with Gasteiger partial charge in [0.15, 0.2) is 0 Å². The van der Waals surface area contributed by atoms with Crippen molar-refractivity contribution in [3.8, 4) is 0 Å². The van der Waals surface area contributed by atoms with Gasteiger partial charge in [0.05, 0.1) is 12.8 Å². The van der Waals surface area contributed by atoms with Crippen molar-refractivity contribution in [2.24, 2.45) is 0 Å². The maximum absolute atomic E-state index is 12.1. The van der Waals surface area contributed by atoms with Crippen molar-refractivity contribution >= 4 is 15.9 Å². The molecule has 1 N–H and O–H groups in total. The molecule has 132 valence electrons. The highest BCUT2D eigenvalue weighted by atomic mass is 32.2. The highest BCUT2D eigenvalue weighted by Crippen LogP contribution is 2.25. The van der Waals surface area contributed by atoms with Gasteiger partial charge in [0, 0.05) is 32.2 Å². The number of amides is 1. The molecule has 1 atom stereocenters.